The lowest BCUT2D eigenvalue weighted by Gasteiger charge is -2.28. The molecule has 2 amide bonds. The maximum Gasteiger partial charge on any atom is 0.410 e. The molecule has 2 heterocycles. The summed E-state index contributed by atoms with van der Waals surface area (Å²) in [5, 5.41) is 6.60. The SMILES string of the molecule is CNC(=O)c1c(-c2ccc(F)cc2)oc2nc(NCC(F)(F)F)c(-c3cccc(C(=O)NC(C)(C)C(F)(F)F)c3)cc12. The largest absolute Gasteiger partial charge is 0.437 e. The standard InChI is InChI=1S/C28H23F7N4O3/c1-26(2,28(33,34)35)39-23(40)16-6-4-5-15(11-16)18-12-19-20(24(41)36-3)21(14-7-9-17(29)10-8-14)42-25(19)38-22(18)37-13-27(30,31)32/h4-12H,13H2,1-3H3,(H,36,41)(H,37,38)(H,39,40). The average molecular weight is 597 g/mol. The first-order valence-electron chi connectivity index (χ1n) is 12.3. The molecule has 7 nitrogen and oxygen atoms in total. The van der Waals surface area contributed by atoms with E-state index in [9.17, 15) is 40.3 Å². The molecule has 4 rings (SSSR count). The molecule has 2 aromatic carbocycles. The molecular formula is C28H23F7N4O3. The summed E-state index contributed by atoms with van der Waals surface area (Å²) in [5.41, 5.74) is -2.66. The smallest absolute Gasteiger partial charge is 0.410 e. The number of halogens is 7. The van der Waals surface area contributed by atoms with Gasteiger partial charge in [0.2, 0.25) is 5.71 Å². The number of nitrogens with one attached hydrogen (secondary N) is 3. The van der Waals surface area contributed by atoms with Gasteiger partial charge in [0, 0.05) is 23.7 Å². The number of fused-ring (bicyclic) bond motifs is 1. The lowest BCUT2D eigenvalue weighted by molar-refractivity contribution is -0.182. The third-order valence-electron chi connectivity index (χ3n) is 6.27. The number of alkyl halides is 6. The van der Waals surface area contributed by atoms with Crippen molar-refractivity contribution in [3.05, 3.63) is 71.5 Å². The molecule has 0 aliphatic rings. The van der Waals surface area contributed by atoms with Crippen LogP contribution in [0.3, 0.4) is 0 Å². The second-order valence-electron chi connectivity index (χ2n) is 9.76. The molecule has 42 heavy (non-hydrogen) atoms. The fraction of sp³-hybridized carbons (Fsp3) is 0.250. The van der Waals surface area contributed by atoms with Crippen LogP contribution in [0.1, 0.15) is 34.6 Å². The maximum absolute atomic E-state index is 13.5. The summed E-state index contributed by atoms with van der Waals surface area (Å²) >= 11 is 0. The lowest BCUT2D eigenvalue weighted by atomic mass is 9.99. The van der Waals surface area contributed by atoms with Gasteiger partial charge in [-0.25, -0.2) is 4.39 Å². The van der Waals surface area contributed by atoms with E-state index in [0.29, 0.717) is 0 Å². The predicted molar refractivity (Wildman–Crippen MR) is 140 cm³/mol. The Bertz CT molecular complexity index is 1640. The van der Waals surface area contributed by atoms with Crippen molar-refractivity contribution < 1.29 is 44.7 Å². The number of pyridine rings is 1. The van der Waals surface area contributed by atoms with Crippen molar-refractivity contribution in [2.75, 3.05) is 18.9 Å². The molecule has 2 aromatic heterocycles. The summed E-state index contributed by atoms with van der Waals surface area (Å²) in [6, 6.07) is 11.4. The van der Waals surface area contributed by atoms with Crippen LogP contribution < -0.4 is 16.0 Å². The number of carbonyl (C=O) groups excluding carboxylic acids is 2. The highest BCUT2D eigenvalue weighted by molar-refractivity contribution is 6.11. The Morgan fingerprint density at radius 3 is 2.17 bits per heavy atom. The molecule has 0 saturated heterocycles. The van der Waals surface area contributed by atoms with Gasteiger partial charge in [0.1, 0.15) is 29.5 Å². The average Bonchev–Trinajstić information content (AvgIpc) is 3.28. The van der Waals surface area contributed by atoms with Gasteiger partial charge in [-0.05, 0) is 61.9 Å². The van der Waals surface area contributed by atoms with Crippen LogP contribution >= 0.6 is 0 Å². The number of amides is 2. The number of aromatic nitrogens is 1. The molecule has 222 valence electrons. The zero-order valence-corrected chi connectivity index (χ0v) is 22.2. The summed E-state index contributed by atoms with van der Waals surface area (Å²) in [5.74, 6) is -2.64. The van der Waals surface area contributed by atoms with Crippen molar-refractivity contribution in [1.82, 2.24) is 15.6 Å². The van der Waals surface area contributed by atoms with Gasteiger partial charge in [-0.1, -0.05) is 12.1 Å². The Kier molecular flexibility index (Phi) is 7.94. The third-order valence-corrected chi connectivity index (χ3v) is 6.27. The van der Waals surface area contributed by atoms with Crippen LogP contribution in [0, 0.1) is 5.82 Å². The first-order valence-corrected chi connectivity index (χ1v) is 12.3. The Balaban J connectivity index is 1.90. The number of hydrogen-bond acceptors (Lipinski definition) is 5. The van der Waals surface area contributed by atoms with Crippen molar-refractivity contribution in [1.29, 1.82) is 0 Å². The van der Waals surface area contributed by atoms with E-state index in [0.717, 1.165) is 26.0 Å². The summed E-state index contributed by atoms with van der Waals surface area (Å²) in [6.07, 6.45) is -9.42. The quantitative estimate of drug-likeness (QED) is 0.206. The van der Waals surface area contributed by atoms with Gasteiger partial charge in [0.05, 0.1) is 10.9 Å². The van der Waals surface area contributed by atoms with Crippen LogP contribution in [-0.2, 0) is 0 Å². The van der Waals surface area contributed by atoms with Crippen LogP contribution in [-0.4, -0.2) is 48.3 Å². The second-order valence-corrected chi connectivity index (χ2v) is 9.76. The van der Waals surface area contributed by atoms with Crippen molar-refractivity contribution in [2.45, 2.75) is 31.7 Å². The van der Waals surface area contributed by atoms with Gasteiger partial charge in [0.15, 0.2) is 0 Å². The molecule has 0 atom stereocenters. The molecule has 4 aromatic rings. The minimum Gasteiger partial charge on any atom is -0.437 e. The van der Waals surface area contributed by atoms with E-state index in [1.807, 2.05) is 5.32 Å². The molecule has 0 aliphatic carbocycles. The summed E-state index contributed by atoms with van der Waals surface area (Å²) in [4.78, 5) is 29.8. The number of nitrogens with zero attached hydrogens (tertiary/aromatic N) is 1. The Morgan fingerprint density at radius 1 is 0.905 bits per heavy atom. The second kappa shape index (κ2) is 11.0. The summed E-state index contributed by atoms with van der Waals surface area (Å²) in [7, 11) is 1.34. The molecular weight excluding hydrogens is 573 g/mol. The number of anilines is 1. The molecule has 3 N–H and O–H groups in total. The van der Waals surface area contributed by atoms with Gasteiger partial charge < -0.3 is 20.4 Å². The summed E-state index contributed by atoms with van der Waals surface area (Å²) < 4.78 is 98.7. The van der Waals surface area contributed by atoms with Crippen molar-refractivity contribution in [2.24, 2.45) is 0 Å². The Labute approximate surface area is 234 Å². The van der Waals surface area contributed by atoms with Gasteiger partial charge in [-0.2, -0.15) is 31.3 Å². The van der Waals surface area contributed by atoms with E-state index < -0.39 is 42.1 Å². The highest BCUT2D eigenvalue weighted by Crippen LogP contribution is 2.38. The number of hydrogen-bond donors (Lipinski definition) is 3. The Morgan fingerprint density at radius 2 is 1.57 bits per heavy atom. The number of rotatable bonds is 7. The third kappa shape index (κ3) is 6.31. The molecule has 0 fully saturated rings. The minimum absolute atomic E-state index is 0.00640. The molecule has 0 unspecified atom stereocenters. The van der Waals surface area contributed by atoms with E-state index >= 15 is 0 Å². The number of benzene rings is 2. The monoisotopic (exact) mass is 596 g/mol. The fourth-order valence-electron chi connectivity index (χ4n) is 3.97. The van der Waals surface area contributed by atoms with E-state index in [-0.39, 0.29) is 50.5 Å². The van der Waals surface area contributed by atoms with Crippen LogP contribution in [0.4, 0.5) is 36.6 Å². The molecule has 0 bridgehead atoms. The van der Waals surface area contributed by atoms with Crippen LogP contribution in [0.2, 0.25) is 0 Å². The van der Waals surface area contributed by atoms with Crippen LogP contribution in [0.25, 0.3) is 33.6 Å². The number of carbonyl (C=O) groups is 2. The zero-order valence-electron chi connectivity index (χ0n) is 22.2. The van der Waals surface area contributed by atoms with Crippen LogP contribution in [0.15, 0.2) is 59.0 Å². The molecule has 0 radical (unpaired) electrons. The molecule has 14 heteroatoms. The van der Waals surface area contributed by atoms with E-state index in [4.69, 9.17) is 4.42 Å². The van der Waals surface area contributed by atoms with E-state index in [1.165, 1.54) is 49.5 Å². The predicted octanol–water partition coefficient (Wildman–Crippen LogP) is 6.71. The van der Waals surface area contributed by atoms with Crippen LogP contribution in [0.5, 0.6) is 0 Å². The topological polar surface area (TPSA) is 96.3 Å². The zero-order chi connectivity index (χ0) is 31.0. The van der Waals surface area contributed by atoms with Gasteiger partial charge in [-0.3, -0.25) is 9.59 Å². The molecule has 0 aliphatic heterocycles. The molecule has 0 spiro atoms. The maximum atomic E-state index is 13.5. The minimum atomic E-state index is -4.76. The first kappa shape index (κ1) is 30.3. The van der Waals surface area contributed by atoms with Gasteiger partial charge in [0.25, 0.3) is 11.8 Å². The first-order chi connectivity index (χ1) is 19.5. The lowest BCUT2D eigenvalue weighted by Crippen LogP contribution is -2.54. The Hall–Kier alpha value is -4.62. The fourth-order valence-corrected chi connectivity index (χ4v) is 3.97. The highest BCUT2D eigenvalue weighted by Gasteiger charge is 2.48. The highest BCUT2D eigenvalue weighted by atomic mass is 19.4. The van der Waals surface area contributed by atoms with Gasteiger partial charge in [-0.15, -0.1) is 0 Å². The van der Waals surface area contributed by atoms with Crippen molar-refractivity contribution >= 4 is 28.7 Å². The summed E-state index contributed by atoms with van der Waals surface area (Å²) in [6.45, 7) is 0.0552. The van der Waals surface area contributed by atoms with Gasteiger partial charge >= 0.3 is 12.4 Å². The normalized spacial score (nSPS) is 12.3. The molecule has 0 saturated carbocycles. The number of furan rings is 1. The van der Waals surface area contributed by atoms with E-state index in [1.54, 1.807) is 0 Å². The van der Waals surface area contributed by atoms with Crippen molar-refractivity contribution in [3.63, 3.8) is 0 Å². The van der Waals surface area contributed by atoms with Crippen molar-refractivity contribution in [3.8, 4) is 22.5 Å². The van der Waals surface area contributed by atoms with E-state index in [2.05, 4.69) is 15.6 Å².